The third kappa shape index (κ3) is 4.46. The smallest absolute Gasteiger partial charge is 0.0723 e. The lowest BCUT2D eigenvalue weighted by Gasteiger charge is -2.25. The van der Waals surface area contributed by atoms with Crippen molar-refractivity contribution in [1.82, 2.24) is 0 Å². The van der Waals surface area contributed by atoms with Crippen molar-refractivity contribution in [3.63, 3.8) is 0 Å². The molecule has 0 spiro atoms. The van der Waals surface area contributed by atoms with E-state index in [0.29, 0.717) is 0 Å². The van der Waals surface area contributed by atoms with Gasteiger partial charge in [0.25, 0.3) is 0 Å². The van der Waals surface area contributed by atoms with Gasteiger partial charge in [0.05, 0.1) is 12.1 Å². The van der Waals surface area contributed by atoms with E-state index in [0.717, 1.165) is 34.0 Å². The van der Waals surface area contributed by atoms with Gasteiger partial charge in [-0.25, -0.2) is 0 Å². The molecule has 0 bridgehead atoms. The monoisotopic (exact) mass is 358 g/mol. The fourth-order valence-corrected chi connectivity index (χ4v) is 3.32. The molecule has 4 heteroatoms. The van der Waals surface area contributed by atoms with Gasteiger partial charge < -0.3 is 0 Å². The molecule has 124 valence electrons. The van der Waals surface area contributed by atoms with Gasteiger partial charge in [0.15, 0.2) is 0 Å². The maximum absolute atomic E-state index is 6.20. The number of hydrogen-bond acceptors (Lipinski definition) is 2. The molecular formula is C20H20Cl2N2. The molecule has 1 aliphatic rings. The van der Waals surface area contributed by atoms with Crippen LogP contribution in [0.5, 0.6) is 0 Å². The van der Waals surface area contributed by atoms with Gasteiger partial charge in [-0.1, -0.05) is 72.4 Å². The van der Waals surface area contributed by atoms with Crippen LogP contribution in [0.4, 0.5) is 0 Å². The maximum Gasteiger partial charge on any atom is 0.0723 e. The van der Waals surface area contributed by atoms with Crippen molar-refractivity contribution >= 4 is 35.6 Å². The molecule has 3 rings (SSSR count). The SMILES string of the molecule is Clc1ccccc1C=N[C@@H]1CCCC[C@H]1N=Cc1ccccc1Cl. The zero-order valence-electron chi connectivity index (χ0n) is 13.4. The molecular weight excluding hydrogens is 339 g/mol. The first kappa shape index (κ1) is 17.2. The van der Waals surface area contributed by atoms with Gasteiger partial charge in [0.1, 0.15) is 0 Å². The van der Waals surface area contributed by atoms with Crippen LogP contribution in [0.15, 0.2) is 58.5 Å². The van der Waals surface area contributed by atoms with Gasteiger partial charge in [-0.2, -0.15) is 0 Å². The van der Waals surface area contributed by atoms with Crippen LogP contribution in [-0.4, -0.2) is 24.5 Å². The van der Waals surface area contributed by atoms with Crippen LogP contribution in [-0.2, 0) is 0 Å². The number of aliphatic imine (C=N–C) groups is 2. The first-order valence-electron chi connectivity index (χ1n) is 8.29. The van der Waals surface area contributed by atoms with Crippen molar-refractivity contribution in [2.75, 3.05) is 0 Å². The minimum atomic E-state index is 0.203. The van der Waals surface area contributed by atoms with E-state index in [1.807, 2.05) is 61.0 Å². The molecule has 24 heavy (non-hydrogen) atoms. The predicted octanol–water partition coefficient (Wildman–Crippen LogP) is 5.84. The molecule has 1 fully saturated rings. The standard InChI is InChI=1S/C20H20Cl2N2/c21-17-9-3-1-7-15(17)13-23-19-11-5-6-12-20(19)24-14-16-8-2-4-10-18(16)22/h1-4,7-10,13-14,19-20H,5-6,11-12H2/t19-,20-/m1/s1. The Morgan fingerprint density at radius 2 is 1.12 bits per heavy atom. The molecule has 2 atom stereocenters. The Morgan fingerprint density at radius 1 is 0.708 bits per heavy atom. The fourth-order valence-electron chi connectivity index (χ4n) is 2.95. The topological polar surface area (TPSA) is 24.7 Å². The number of nitrogens with zero attached hydrogens (tertiary/aromatic N) is 2. The quantitative estimate of drug-likeness (QED) is 0.613. The zero-order valence-corrected chi connectivity index (χ0v) is 14.9. The van der Waals surface area contributed by atoms with Crippen molar-refractivity contribution in [1.29, 1.82) is 0 Å². The third-order valence-electron chi connectivity index (χ3n) is 4.31. The Hall–Kier alpha value is -1.64. The molecule has 0 heterocycles. The van der Waals surface area contributed by atoms with Crippen molar-refractivity contribution in [2.24, 2.45) is 9.98 Å². The molecule has 1 saturated carbocycles. The van der Waals surface area contributed by atoms with Crippen LogP contribution in [0.3, 0.4) is 0 Å². The number of hydrogen-bond donors (Lipinski definition) is 0. The molecule has 0 amide bonds. The number of halogens is 2. The van der Waals surface area contributed by atoms with Crippen LogP contribution in [0.25, 0.3) is 0 Å². The molecule has 2 nitrogen and oxygen atoms in total. The van der Waals surface area contributed by atoms with Crippen LogP contribution in [0.1, 0.15) is 36.8 Å². The number of benzene rings is 2. The average molecular weight is 359 g/mol. The first-order valence-corrected chi connectivity index (χ1v) is 9.05. The molecule has 0 aromatic heterocycles. The van der Waals surface area contributed by atoms with Crippen LogP contribution in [0, 0.1) is 0 Å². The minimum Gasteiger partial charge on any atom is -0.287 e. The Balaban J connectivity index is 1.74. The summed E-state index contributed by atoms with van der Waals surface area (Å²) in [7, 11) is 0. The van der Waals surface area contributed by atoms with E-state index in [9.17, 15) is 0 Å². The van der Waals surface area contributed by atoms with E-state index in [1.165, 1.54) is 12.8 Å². The Labute approximate surface area is 153 Å². The van der Waals surface area contributed by atoms with E-state index in [-0.39, 0.29) is 12.1 Å². The summed E-state index contributed by atoms with van der Waals surface area (Å²) in [5, 5.41) is 1.46. The Kier molecular flexibility index (Phi) is 6.06. The summed E-state index contributed by atoms with van der Waals surface area (Å²) in [5.41, 5.74) is 1.91. The Bertz CT molecular complexity index is 676. The van der Waals surface area contributed by atoms with E-state index in [4.69, 9.17) is 33.2 Å². The first-order chi connectivity index (χ1) is 11.7. The van der Waals surface area contributed by atoms with Crippen molar-refractivity contribution in [3.05, 3.63) is 69.7 Å². The van der Waals surface area contributed by atoms with Crippen LogP contribution < -0.4 is 0 Å². The summed E-state index contributed by atoms with van der Waals surface area (Å²) in [5.74, 6) is 0. The normalized spacial score (nSPS) is 21.6. The van der Waals surface area contributed by atoms with Crippen molar-refractivity contribution in [2.45, 2.75) is 37.8 Å². The van der Waals surface area contributed by atoms with Gasteiger partial charge in [-0.05, 0) is 25.0 Å². The second kappa shape index (κ2) is 8.46. The van der Waals surface area contributed by atoms with Crippen LogP contribution in [0.2, 0.25) is 10.0 Å². The molecule has 2 aromatic carbocycles. The highest BCUT2D eigenvalue weighted by Crippen LogP contribution is 2.25. The number of rotatable bonds is 4. The lowest BCUT2D eigenvalue weighted by Crippen LogP contribution is -2.27. The van der Waals surface area contributed by atoms with E-state index in [2.05, 4.69) is 0 Å². The molecule has 1 aliphatic carbocycles. The summed E-state index contributed by atoms with van der Waals surface area (Å²) in [6.07, 6.45) is 8.29. The third-order valence-corrected chi connectivity index (χ3v) is 5.00. The Morgan fingerprint density at radius 3 is 1.54 bits per heavy atom. The van der Waals surface area contributed by atoms with Gasteiger partial charge in [0.2, 0.25) is 0 Å². The van der Waals surface area contributed by atoms with E-state index >= 15 is 0 Å². The van der Waals surface area contributed by atoms with Gasteiger partial charge in [-0.3, -0.25) is 9.98 Å². The summed E-state index contributed by atoms with van der Waals surface area (Å²) < 4.78 is 0. The minimum absolute atomic E-state index is 0.203. The van der Waals surface area contributed by atoms with Gasteiger partial charge in [0, 0.05) is 33.6 Å². The van der Waals surface area contributed by atoms with Gasteiger partial charge >= 0.3 is 0 Å². The highest BCUT2D eigenvalue weighted by Gasteiger charge is 2.23. The van der Waals surface area contributed by atoms with Crippen molar-refractivity contribution < 1.29 is 0 Å². The highest BCUT2D eigenvalue weighted by atomic mass is 35.5. The fraction of sp³-hybridized carbons (Fsp3) is 0.300. The molecule has 0 radical (unpaired) electrons. The zero-order chi connectivity index (χ0) is 16.8. The molecule has 2 aromatic rings. The van der Waals surface area contributed by atoms with Crippen molar-refractivity contribution in [3.8, 4) is 0 Å². The highest BCUT2D eigenvalue weighted by molar-refractivity contribution is 6.33. The summed E-state index contributed by atoms with van der Waals surface area (Å²) in [6.45, 7) is 0. The largest absolute Gasteiger partial charge is 0.287 e. The summed E-state index contributed by atoms with van der Waals surface area (Å²) in [6, 6.07) is 15.9. The van der Waals surface area contributed by atoms with E-state index in [1.54, 1.807) is 0 Å². The van der Waals surface area contributed by atoms with E-state index < -0.39 is 0 Å². The molecule has 0 aliphatic heterocycles. The second-order valence-corrected chi connectivity index (χ2v) is 6.83. The summed E-state index contributed by atoms with van der Waals surface area (Å²) in [4.78, 5) is 9.55. The predicted molar refractivity (Wildman–Crippen MR) is 104 cm³/mol. The lowest BCUT2D eigenvalue weighted by atomic mass is 9.91. The van der Waals surface area contributed by atoms with Gasteiger partial charge in [-0.15, -0.1) is 0 Å². The molecule has 0 unspecified atom stereocenters. The lowest BCUT2D eigenvalue weighted by molar-refractivity contribution is 0.390. The molecule has 0 saturated heterocycles. The molecule has 0 N–H and O–H groups in total. The maximum atomic E-state index is 6.20. The summed E-state index contributed by atoms with van der Waals surface area (Å²) >= 11 is 12.4. The average Bonchev–Trinajstić information content (AvgIpc) is 2.61. The van der Waals surface area contributed by atoms with Crippen LogP contribution >= 0.6 is 23.2 Å². The second-order valence-electron chi connectivity index (χ2n) is 6.02.